The van der Waals surface area contributed by atoms with E-state index in [0.717, 1.165) is 28.2 Å². The van der Waals surface area contributed by atoms with Crippen molar-refractivity contribution in [1.82, 2.24) is 14.0 Å². The molecule has 0 unspecified atom stereocenters. The molecule has 3 rings (SSSR count). The van der Waals surface area contributed by atoms with Gasteiger partial charge in [0.2, 0.25) is 0 Å². The lowest BCUT2D eigenvalue weighted by atomic mass is 10.4. The summed E-state index contributed by atoms with van der Waals surface area (Å²) in [5, 5.41) is 0. The Hall–Kier alpha value is -1.97. The SMILES string of the molecule is Cc1c(N)c2c(nc3ccccn32)n1C. The Bertz CT molecular complexity index is 660. The normalized spacial score (nSPS) is 11.6. The fourth-order valence-electron chi connectivity index (χ4n) is 1.98. The zero-order valence-corrected chi connectivity index (χ0v) is 8.73. The molecule has 0 saturated heterocycles. The van der Waals surface area contributed by atoms with Crippen LogP contribution in [0, 0.1) is 6.92 Å². The molecule has 0 atom stereocenters. The molecular formula is C11H12N4. The van der Waals surface area contributed by atoms with Crippen LogP contribution in [0.15, 0.2) is 24.4 Å². The Labute approximate surface area is 86.9 Å². The van der Waals surface area contributed by atoms with Crippen LogP contribution in [-0.4, -0.2) is 14.0 Å². The molecule has 0 amide bonds. The van der Waals surface area contributed by atoms with Crippen LogP contribution in [0.4, 0.5) is 5.69 Å². The standard InChI is InChI=1S/C11H12N4/c1-7-9(12)10-11(14(7)2)13-8-5-3-4-6-15(8)10/h3-6H,12H2,1-2H3. The van der Waals surface area contributed by atoms with Crippen molar-refractivity contribution in [2.75, 3.05) is 5.73 Å². The number of nitrogen functional groups attached to an aromatic ring is 1. The highest BCUT2D eigenvalue weighted by atomic mass is 15.1. The molecule has 76 valence electrons. The van der Waals surface area contributed by atoms with Crippen molar-refractivity contribution in [2.45, 2.75) is 6.92 Å². The third-order valence-electron chi connectivity index (χ3n) is 2.98. The third kappa shape index (κ3) is 0.883. The first-order chi connectivity index (χ1) is 7.20. The first-order valence-electron chi connectivity index (χ1n) is 4.87. The molecule has 3 aromatic rings. The van der Waals surface area contributed by atoms with Crippen LogP contribution in [0.2, 0.25) is 0 Å². The number of anilines is 1. The second kappa shape index (κ2) is 2.53. The predicted molar refractivity (Wildman–Crippen MR) is 60.8 cm³/mol. The maximum absolute atomic E-state index is 6.07. The zero-order chi connectivity index (χ0) is 10.6. The largest absolute Gasteiger partial charge is 0.396 e. The van der Waals surface area contributed by atoms with E-state index < -0.39 is 0 Å². The van der Waals surface area contributed by atoms with Crippen LogP contribution in [0.25, 0.3) is 16.8 Å². The number of nitrogens with zero attached hydrogens (tertiary/aromatic N) is 3. The molecule has 0 saturated carbocycles. The highest BCUT2D eigenvalue weighted by Crippen LogP contribution is 2.27. The van der Waals surface area contributed by atoms with Crippen molar-refractivity contribution in [3.8, 4) is 0 Å². The van der Waals surface area contributed by atoms with E-state index in [4.69, 9.17) is 5.73 Å². The molecule has 0 aromatic carbocycles. The van der Waals surface area contributed by atoms with Crippen molar-refractivity contribution < 1.29 is 0 Å². The lowest BCUT2D eigenvalue weighted by Crippen LogP contribution is -1.94. The lowest BCUT2D eigenvalue weighted by molar-refractivity contribution is 0.907. The first kappa shape index (κ1) is 8.35. The number of aromatic nitrogens is 3. The van der Waals surface area contributed by atoms with Gasteiger partial charge in [-0.25, -0.2) is 4.98 Å². The van der Waals surface area contributed by atoms with Crippen LogP contribution < -0.4 is 5.73 Å². The average molecular weight is 200 g/mol. The molecule has 0 bridgehead atoms. The molecule has 3 heterocycles. The summed E-state index contributed by atoms with van der Waals surface area (Å²) in [5.41, 5.74) is 10.8. The van der Waals surface area contributed by atoms with Gasteiger partial charge in [0, 0.05) is 18.9 Å². The van der Waals surface area contributed by atoms with E-state index in [9.17, 15) is 0 Å². The van der Waals surface area contributed by atoms with Gasteiger partial charge in [0.25, 0.3) is 0 Å². The minimum Gasteiger partial charge on any atom is -0.396 e. The summed E-state index contributed by atoms with van der Waals surface area (Å²) in [5.74, 6) is 0. The van der Waals surface area contributed by atoms with Crippen LogP contribution in [0.5, 0.6) is 0 Å². The van der Waals surface area contributed by atoms with Crippen LogP contribution in [0.1, 0.15) is 5.69 Å². The second-order valence-electron chi connectivity index (χ2n) is 3.77. The van der Waals surface area contributed by atoms with Crippen LogP contribution >= 0.6 is 0 Å². The highest BCUT2D eigenvalue weighted by molar-refractivity contribution is 5.91. The minimum absolute atomic E-state index is 0.811. The number of hydrogen-bond donors (Lipinski definition) is 1. The molecule has 4 nitrogen and oxygen atoms in total. The maximum atomic E-state index is 6.07. The first-order valence-corrected chi connectivity index (χ1v) is 4.87. The predicted octanol–water partition coefficient (Wildman–Crippen LogP) is 1.72. The molecule has 0 aliphatic carbocycles. The lowest BCUT2D eigenvalue weighted by Gasteiger charge is -1.97. The molecule has 0 spiro atoms. The number of hydrogen-bond acceptors (Lipinski definition) is 2. The highest BCUT2D eigenvalue weighted by Gasteiger charge is 2.14. The van der Waals surface area contributed by atoms with Gasteiger partial charge in [-0.15, -0.1) is 0 Å². The van der Waals surface area contributed by atoms with Crippen LogP contribution in [0.3, 0.4) is 0 Å². The number of nitrogens with two attached hydrogens (primary N) is 1. The number of fused-ring (bicyclic) bond motifs is 3. The molecule has 0 aliphatic rings. The summed E-state index contributed by atoms with van der Waals surface area (Å²) in [4.78, 5) is 4.54. The molecule has 4 heteroatoms. The quantitative estimate of drug-likeness (QED) is 0.600. The Morgan fingerprint density at radius 1 is 1.33 bits per heavy atom. The number of imidazole rings is 1. The summed E-state index contributed by atoms with van der Waals surface area (Å²) < 4.78 is 4.05. The molecule has 3 aromatic heterocycles. The molecule has 15 heavy (non-hydrogen) atoms. The van der Waals surface area contributed by atoms with Gasteiger partial charge in [0.05, 0.1) is 5.69 Å². The maximum Gasteiger partial charge on any atom is 0.161 e. The summed E-state index contributed by atoms with van der Waals surface area (Å²) in [6, 6.07) is 5.94. The average Bonchev–Trinajstić information content (AvgIpc) is 2.72. The van der Waals surface area contributed by atoms with Gasteiger partial charge in [-0.1, -0.05) is 6.07 Å². The van der Waals surface area contributed by atoms with Crippen molar-refractivity contribution in [1.29, 1.82) is 0 Å². The zero-order valence-electron chi connectivity index (χ0n) is 8.73. The number of pyridine rings is 1. The molecule has 0 fully saturated rings. The summed E-state index contributed by atoms with van der Waals surface area (Å²) in [6.45, 7) is 2.01. The van der Waals surface area contributed by atoms with Gasteiger partial charge >= 0.3 is 0 Å². The fourth-order valence-corrected chi connectivity index (χ4v) is 1.98. The monoisotopic (exact) mass is 200 g/mol. The summed E-state index contributed by atoms with van der Waals surface area (Å²) >= 11 is 0. The van der Waals surface area contributed by atoms with E-state index >= 15 is 0 Å². The van der Waals surface area contributed by atoms with E-state index in [1.807, 2.05) is 47.3 Å². The summed E-state index contributed by atoms with van der Waals surface area (Å²) in [7, 11) is 1.99. The molecule has 0 radical (unpaired) electrons. The van der Waals surface area contributed by atoms with Crippen molar-refractivity contribution in [2.24, 2.45) is 7.05 Å². The van der Waals surface area contributed by atoms with Gasteiger partial charge in [0.15, 0.2) is 5.65 Å². The Morgan fingerprint density at radius 3 is 2.93 bits per heavy atom. The van der Waals surface area contributed by atoms with Crippen molar-refractivity contribution in [3.05, 3.63) is 30.1 Å². The van der Waals surface area contributed by atoms with Gasteiger partial charge in [-0.3, -0.25) is 4.40 Å². The van der Waals surface area contributed by atoms with Crippen molar-refractivity contribution >= 4 is 22.5 Å². The Kier molecular flexibility index (Phi) is 1.41. The van der Waals surface area contributed by atoms with Gasteiger partial charge in [0.1, 0.15) is 11.2 Å². The van der Waals surface area contributed by atoms with Crippen LogP contribution in [-0.2, 0) is 7.05 Å². The fraction of sp³-hybridized carbons (Fsp3) is 0.182. The minimum atomic E-state index is 0.811. The van der Waals surface area contributed by atoms with E-state index in [2.05, 4.69) is 4.98 Å². The van der Waals surface area contributed by atoms with Gasteiger partial charge < -0.3 is 10.3 Å². The molecule has 0 aliphatic heterocycles. The smallest absolute Gasteiger partial charge is 0.161 e. The van der Waals surface area contributed by atoms with Gasteiger partial charge in [-0.2, -0.15) is 0 Å². The Morgan fingerprint density at radius 2 is 2.13 bits per heavy atom. The topological polar surface area (TPSA) is 48.2 Å². The summed E-state index contributed by atoms with van der Waals surface area (Å²) in [6.07, 6.45) is 1.99. The molecule has 2 N–H and O–H groups in total. The Balaban J connectivity index is 2.65. The van der Waals surface area contributed by atoms with E-state index in [1.54, 1.807) is 0 Å². The third-order valence-corrected chi connectivity index (χ3v) is 2.98. The van der Waals surface area contributed by atoms with E-state index in [-0.39, 0.29) is 0 Å². The van der Waals surface area contributed by atoms with E-state index in [0.29, 0.717) is 0 Å². The number of rotatable bonds is 0. The molecular weight excluding hydrogens is 188 g/mol. The second-order valence-corrected chi connectivity index (χ2v) is 3.77. The number of aryl methyl sites for hydroxylation is 1. The van der Waals surface area contributed by atoms with E-state index in [1.165, 1.54) is 0 Å². The van der Waals surface area contributed by atoms with Gasteiger partial charge in [-0.05, 0) is 19.1 Å². The van der Waals surface area contributed by atoms with Crippen molar-refractivity contribution in [3.63, 3.8) is 0 Å².